The third kappa shape index (κ3) is 2.60. The van der Waals surface area contributed by atoms with Gasteiger partial charge in [0.05, 0.1) is 0 Å². The molecule has 1 heterocycles. The summed E-state index contributed by atoms with van der Waals surface area (Å²) in [6, 6.07) is 6.10. The minimum Gasteiger partial charge on any atom is -0.315 e. The molecule has 2 rings (SSSR count). The third-order valence-corrected chi connectivity index (χ3v) is 3.33. The standard InChI is InChI=1S/C13H19FN2/c1-10-3-4-11(7-13(10)14)9-16(2)12-5-6-15-8-12/h3-4,7,12,15H,5-6,8-9H2,1-2H3. The van der Waals surface area contributed by atoms with Crippen LogP contribution in [-0.4, -0.2) is 31.1 Å². The van der Waals surface area contributed by atoms with E-state index in [2.05, 4.69) is 17.3 Å². The Morgan fingerprint density at radius 2 is 2.31 bits per heavy atom. The van der Waals surface area contributed by atoms with Gasteiger partial charge >= 0.3 is 0 Å². The summed E-state index contributed by atoms with van der Waals surface area (Å²) in [5, 5.41) is 3.34. The van der Waals surface area contributed by atoms with Gasteiger partial charge in [0.1, 0.15) is 5.82 Å². The molecule has 88 valence electrons. The van der Waals surface area contributed by atoms with E-state index in [1.165, 1.54) is 6.42 Å². The molecule has 1 unspecified atom stereocenters. The van der Waals surface area contributed by atoms with Crippen LogP contribution in [0, 0.1) is 12.7 Å². The molecule has 0 bridgehead atoms. The minimum absolute atomic E-state index is 0.101. The highest BCUT2D eigenvalue weighted by Crippen LogP contribution is 2.14. The summed E-state index contributed by atoms with van der Waals surface area (Å²) in [6.07, 6.45) is 1.19. The van der Waals surface area contributed by atoms with E-state index in [0.29, 0.717) is 11.6 Å². The third-order valence-electron chi connectivity index (χ3n) is 3.33. The molecule has 0 aliphatic carbocycles. The molecule has 0 radical (unpaired) electrons. The first-order valence-corrected chi connectivity index (χ1v) is 5.83. The van der Waals surface area contributed by atoms with Gasteiger partial charge in [-0.1, -0.05) is 12.1 Å². The summed E-state index contributed by atoms with van der Waals surface area (Å²) in [6.45, 7) is 4.76. The van der Waals surface area contributed by atoms with Crippen molar-refractivity contribution in [3.8, 4) is 0 Å². The predicted molar refractivity (Wildman–Crippen MR) is 63.9 cm³/mol. The van der Waals surface area contributed by atoms with Crippen LogP contribution in [0.2, 0.25) is 0 Å². The number of halogens is 1. The van der Waals surface area contributed by atoms with Gasteiger partial charge < -0.3 is 5.32 Å². The molecule has 1 aliphatic heterocycles. The summed E-state index contributed by atoms with van der Waals surface area (Å²) < 4.78 is 13.4. The average molecular weight is 222 g/mol. The molecule has 2 nitrogen and oxygen atoms in total. The lowest BCUT2D eigenvalue weighted by atomic mass is 10.1. The van der Waals surface area contributed by atoms with Gasteiger partial charge in [0.25, 0.3) is 0 Å². The van der Waals surface area contributed by atoms with Crippen molar-refractivity contribution >= 4 is 0 Å². The van der Waals surface area contributed by atoms with Crippen LogP contribution in [0.3, 0.4) is 0 Å². The fraction of sp³-hybridized carbons (Fsp3) is 0.538. The molecule has 1 atom stereocenters. The number of hydrogen-bond acceptors (Lipinski definition) is 2. The van der Waals surface area contributed by atoms with Gasteiger partial charge in [0.2, 0.25) is 0 Å². The first kappa shape index (κ1) is 11.6. The summed E-state index contributed by atoms with van der Waals surface area (Å²) >= 11 is 0. The first-order chi connectivity index (χ1) is 7.66. The van der Waals surface area contributed by atoms with Crippen LogP contribution in [0.1, 0.15) is 17.5 Å². The fourth-order valence-electron chi connectivity index (χ4n) is 2.17. The zero-order valence-corrected chi connectivity index (χ0v) is 9.96. The highest BCUT2D eigenvalue weighted by molar-refractivity contribution is 5.23. The van der Waals surface area contributed by atoms with Gasteiger partial charge in [-0.3, -0.25) is 4.90 Å². The summed E-state index contributed by atoms with van der Waals surface area (Å²) in [4.78, 5) is 2.30. The van der Waals surface area contributed by atoms with E-state index in [9.17, 15) is 4.39 Å². The van der Waals surface area contributed by atoms with Crippen LogP contribution in [0.5, 0.6) is 0 Å². The lowest BCUT2D eigenvalue weighted by molar-refractivity contribution is 0.248. The van der Waals surface area contributed by atoms with E-state index in [1.54, 1.807) is 13.0 Å². The Morgan fingerprint density at radius 3 is 2.94 bits per heavy atom. The molecule has 1 fully saturated rings. The number of benzene rings is 1. The lowest BCUT2D eigenvalue weighted by Crippen LogP contribution is -2.32. The van der Waals surface area contributed by atoms with Crippen molar-refractivity contribution in [3.63, 3.8) is 0 Å². The smallest absolute Gasteiger partial charge is 0.126 e. The van der Waals surface area contributed by atoms with Gasteiger partial charge in [-0.25, -0.2) is 4.39 Å². The van der Waals surface area contributed by atoms with Gasteiger partial charge in [-0.05, 0) is 44.1 Å². The zero-order chi connectivity index (χ0) is 11.5. The van der Waals surface area contributed by atoms with E-state index >= 15 is 0 Å². The molecule has 1 N–H and O–H groups in total. The van der Waals surface area contributed by atoms with E-state index < -0.39 is 0 Å². The Balaban J connectivity index is 1.99. The lowest BCUT2D eigenvalue weighted by Gasteiger charge is -2.23. The second-order valence-corrected chi connectivity index (χ2v) is 4.65. The Kier molecular flexibility index (Phi) is 3.56. The van der Waals surface area contributed by atoms with Crippen molar-refractivity contribution in [2.24, 2.45) is 0 Å². The summed E-state index contributed by atoms with van der Waals surface area (Å²) in [5.41, 5.74) is 1.77. The van der Waals surface area contributed by atoms with Crippen molar-refractivity contribution in [1.82, 2.24) is 10.2 Å². The average Bonchev–Trinajstić information content (AvgIpc) is 2.77. The maximum absolute atomic E-state index is 13.4. The van der Waals surface area contributed by atoms with Gasteiger partial charge in [-0.2, -0.15) is 0 Å². The summed E-state index contributed by atoms with van der Waals surface area (Å²) in [5.74, 6) is -0.101. The highest BCUT2D eigenvalue weighted by atomic mass is 19.1. The monoisotopic (exact) mass is 222 g/mol. The Morgan fingerprint density at radius 1 is 1.50 bits per heavy atom. The topological polar surface area (TPSA) is 15.3 Å². The molecule has 0 amide bonds. The predicted octanol–water partition coefficient (Wildman–Crippen LogP) is 1.93. The molecule has 0 saturated carbocycles. The maximum Gasteiger partial charge on any atom is 0.126 e. The van der Waals surface area contributed by atoms with Crippen molar-refractivity contribution in [2.75, 3.05) is 20.1 Å². The fourth-order valence-corrected chi connectivity index (χ4v) is 2.17. The van der Waals surface area contributed by atoms with Crippen molar-refractivity contribution < 1.29 is 4.39 Å². The van der Waals surface area contributed by atoms with E-state index in [0.717, 1.165) is 25.2 Å². The highest BCUT2D eigenvalue weighted by Gasteiger charge is 2.19. The maximum atomic E-state index is 13.4. The Bertz CT molecular complexity index is 359. The SMILES string of the molecule is Cc1ccc(CN(C)C2CCNC2)cc1F. The Hall–Kier alpha value is -0.930. The second kappa shape index (κ2) is 4.93. The number of hydrogen-bond donors (Lipinski definition) is 1. The van der Waals surface area contributed by atoms with Gasteiger partial charge in [0, 0.05) is 19.1 Å². The van der Waals surface area contributed by atoms with Gasteiger partial charge in [0.15, 0.2) is 0 Å². The molecule has 0 aromatic heterocycles. The van der Waals surface area contributed by atoms with E-state index in [-0.39, 0.29) is 5.82 Å². The molecule has 3 heteroatoms. The molecule has 1 aromatic rings. The molecule has 16 heavy (non-hydrogen) atoms. The van der Waals surface area contributed by atoms with Crippen LogP contribution in [-0.2, 0) is 6.54 Å². The van der Waals surface area contributed by atoms with Crippen LogP contribution in [0.25, 0.3) is 0 Å². The largest absolute Gasteiger partial charge is 0.315 e. The number of nitrogens with one attached hydrogen (secondary N) is 1. The number of rotatable bonds is 3. The van der Waals surface area contributed by atoms with Crippen LogP contribution >= 0.6 is 0 Å². The zero-order valence-electron chi connectivity index (χ0n) is 9.96. The number of likely N-dealkylation sites (N-methyl/N-ethyl adjacent to an activating group) is 1. The van der Waals surface area contributed by atoms with Crippen LogP contribution in [0.15, 0.2) is 18.2 Å². The molecule has 1 saturated heterocycles. The van der Waals surface area contributed by atoms with Gasteiger partial charge in [-0.15, -0.1) is 0 Å². The number of nitrogens with zero attached hydrogens (tertiary/aromatic N) is 1. The molecular weight excluding hydrogens is 203 g/mol. The quantitative estimate of drug-likeness (QED) is 0.840. The van der Waals surface area contributed by atoms with E-state index in [1.807, 2.05) is 12.1 Å². The van der Waals surface area contributed by atoms with Crippen LogP contribution < -0.4 is 5.32 Å². The Labute approximate surface area is 96.5 Å². The molecule has 0 spiro atoms. The molecule has 1 aliphatic rings. The second-order valence-electron chi connectivity index (χ2n) is 4.65. The number of aryl methyl sites for hydroxylation is 1. The first-order valence-electron chi connectivity index (χ1n) is 5.83. The molecular formula is C13H19FN2. The van der Waals surface area contributed by atoms with Crippen molar-refractivity contribution in [2.45, 2.75) is 25.9 Å². The normalized spacial score (nSPS) is 20.6. The van der Waals surface area contributed by atoms with E-state index in [4.69, 9.17) is 0 Å². The van der Waals surface area contributed by atoms with Crippen LogP contribution in [0.4, 0.5) is 4.39 Å². The van der Waals surface area contributed by atoms with Crippen molar-refractivity contribution in [1.29, 1.82) is 0 Å². The minimum atomic E-state index is -0.101. The summed E-state index contributed by atoms with van der Waals surface area (Å²) in [7, 11) is 2.11. The molecule has 1 aromatic carbocycles. The van der Waals surface area contributed by atoms with Crippen molar-refractivity contribution in [3.05, 3.63) is 35.1 Å².